The van der Waals surface area contributed by atoms with Crippen LogP contribution < -0.4 is 0 Å². The van der Waals surface area contributed by atoms with E-state index in [1.54, 1.807) is 17.3 Å². The van der Waals surface area contributed by atoms with Gasteiger partial charge in [-0.05, 0) is 18.6 Å². The minimum atomic E-state index is -0.0364. The van der Waals surface area contributed by atoms with Crippen LogP contribution in [0.25, 0.3) is 17.1 Å². The van der Waals surface area contributed by atoms with Gasteiger partial charge in [0.1, 0.15) is 17.6 Å². The third-order valence-electron chi connectivity index (χ3n) is 3.69. The van der Waals surface area contributed by atoms with Crippen LogP contribution in [0.5, 0.6) is 0 Å². The molecular formula is C16H14N4O2. The van der Waals surface area contributed by atoms with Crippen molar-refractivity contribution in [2.75, 3.05) is 13.1 Å². The fraction of sp³-hybridized carbons (Fsp3) is 0.188. The zero-order chi connectivity index (χ0) is 14.9. The number of carbonyl (C=O) groups excluding carboxylic acids is 1. The average Bonchev–Trinajstić information content (AvgIpc) is 3.23. The first-order chi connectivity index (χ1) is 10.8. The molecule has 6 heteroatoms. The van der Waals surface area contributed by atoms with Gasteiger partial charge in [0.25, 0.3) is 5.91 Å². The van der Waals surface area contributed by atoms with Gasteiger partial charge in [-0.1, -0.05) is 12.2 Å². The number of pyridine rings is 1. The Morgan fingerprint density at radius 1 is 1.23 bits per heavy atom. The molecule has 4 heterocycles. The molecule has 22 heavy (non-hydrogen) atoms. The highest BCUT2D eigenvalue weighted by Crippen LogP contribution is 2.19. The van der Waals surface area contributed by atoms with Crippen LogP contribution in [-0.2, 0) is 0 Å². The van der Waals surface area contributed by atoms with Crippen LogP contribution in [0.2, 0.25) is 0 Å². The maximum Gasteiger partial charge on any atom is 0.274 e. The molecular weight excluding hydrogens is 280 g/mol. The zero-order valence-corrected chi connectivity index (χ0v) is 11.8. The van der Waals surface area contributed by atoms with Crippen molar-refractivity contribution in [2.24, 2.45) is 0 Å². The summed E-state index contributed by atoms with van der Waals surface area (Å²) < 4.78 is 7.12. The standard InChI is InChI=1S/C16H14N4O2/c21-16(19-7-2-1-3-8-19)13-11-20-10-12(4-5-14(20)18-13)15-17-6-9-22-15/h1-2,4-6,9-11H,3,7-8H2. The van der Waals surface area contributed by atoms with E-state index in [2.05, 4.69) is 16.0 Å². The van der Waals surface area contributed by atoms with Crippen molar-refractivity contribution in [1.29, 1.82) is 0 Å². The highest BCUT2D eigenvalue weighted by Gasteiger charge is 2.19. The van der Waals surface area contributed by atoms with Gasteiger partial charge in [0.2, 0.25) is 5.89 Å². The first kappa shape index (κ1) is 12.8. The normalized spacial score (nSPS) is 14.6. The number of carbonyl (C=O) groups is 1. The number of amides is 1. The Morgan fingerprint density at radius 3 is 2.95 bits per heavy atom. The molecule has 0 radical (unpaired) electrons. The average molecular weight is 294 g/mol. The molecule has 3 aromatic rings. The van der Waals surface area contributed by atoms with E-state index in [0.717, 1.165) is 24.2 Å². The summed E-state index contributed by atoms with van der Waals surface area (Å²) in [5, 5.41) is 0. The summed E-state index contributed by atoms with van der Waals surface area (Å²) in [6, 6.07) is 3.73. The van der Waals surface area contributed by atoms with Gasteiger partial charge in [0.15, 0.2) is 0 Å². The predicted molar refractivity (Wildman–Crippen MR) is 80.3 cm³/mol. The Kier molecular flexibility index (Phi) is 3.00. The molecule has 0 aliphatic carbocycles. The molecule has 0 atom stereocenters. The predicted octanol–water partition coefficient (Wildman–Crippen LogP) is 2.39. The maximum atomic E-state index is 12.5. The molecule has 1 aliphatic heterocycles. The van der Waals surface area contributed by atoms with Crippen LogP contribution in [0.3, 0.4) is 0 Å². The van der Waals surface area contributed by atoms with E-state index in [4.69, 9.17) is 4.42 Å². The smallest absolute Gasteiger partial charge is 0.274 e. The molecule has 0 unspecified atom stereocenters. The molecule has 0 saturated carbocycles. The lowest BCUT2D eigenvalue weighted by Gasteiger charge is -2.22. The number of oxazole rings is 1. The van der Waals surface area contributed by atoms with Crippen molar-refractivity contribution in [3.8, 4) is 11.5 Å². The first-order valence-electron chi connectivity index (χ1n) is 7.14. The maximum absolute atomic E-state index is 12.5. The fourth-order valence-corrected chi connectivity index (χ4v) is 2.58. The lowest BCUT2D eigenvalue weighted by molar-refractivity contribution is 0.0766. The van der Waals surface area contributed by atoms with Gasteiger partial charge in [-0.15, -0.1) is 0 Å². The molecule has 0 bridgehead atoms. The minimum absolute atomic E-state index is 0.0364. The Labute approximate surface area is 126 Å². The molecule has 1 aliphatic rings. The molecule has 4 rings (SSSR count). The van der Waals surface area contributed by atoms with Crippen LogP contribution in [0.15, 0.2) is 53.6 Å². The fourth-order valence-electron chi connectivity index (χ4n) is 2.58. The van der Waals surface area contributed by atoms with Gasteiger partial charge in [-0.2, -0.15) is 0 Å². The minimum Gasteiger partial charge on any atom is -0.444 e. The Balaban J connectivity index is 1.68. The van der Waals surface area contributed by atoms with Crippen molar-refractivity contribution < 1.29 is 9.21 Å². The molecule has 6 nitrogen and oxygen atoms in total. The summed E-state index contributed by atoms with van der Waals surface area (Å²) >= 11 is 0. The molecule has 110 valence electrons. The highest BCUT2D eigenvalue weighted by molar-refractivity contribution is 5.93. The summed E-state index contributed by atoms with van der Waals surface area (Å²) in [7, 11) is 0. The van der Waals surface area contributed by atoms with E-state index >= 15 is 0 Å². The third-order valence-corrected chi connectivity index (χ3v) is 3.69. The van der Waals surface area contributed by atoms with Gasteiger partial charge >= 0.3 is 0 Å². The van der Waals surface area contributed by atoms with E-state index in [1.807, 2.05) is 28.8 Å². The number of hydrogen-bond donors (Lipinski definition) is 0. The van der Waals surface area contributed by atoms with Crippen molar-refractivity contribution in [2.45, 2.75) is 6.42 Å². The van der Waals surface area contributed by atoms with Gasteiger partial charge in [-0.3, -0.25) is 4.79 Å². The number of nitrogens with zero attached hydrogens (tertiary/aromatic N) is 4. The lowest BCUT2D eigenvalue weighted by atomic mass is 10.2. The van der Waals surface area contributed by atoms with E-state index < -0.39 is 0 Å². The second kappa shape index (κ2) is 5.14. The quantitative estimate of drug-likeness (QED) is 0.681. The van der Waals surface area contributed by atoms with E-state index in [0.29, 0.717) is 18.1 Å². The molecule has 0 N–H and O–H groups in total. The summed E-state index contributed by atoms with van der Waals surface area (Å²) in [5.74, 6) is 0.510. The Morgan fingerprint density at radius 2 is 2.18 bits per heavy atom. The number of imidazole rings is 1. The molecule has 0 spiro atoms. The van der Waals surface area contributed by atoms with Gasteiger partial charge in [-0.25, -0.2) is 9.97 Å². The van der Waals surface area contributed by atoms with Crippen molar-refractivity contribution in [3.05, 3.63) is 54.8 Å². The first-order valence-corrected chi connectivity index (χ1v) is 7.14. The van der Waals surface area contributed by atoms with Crippen LogP contribution in [0.4, 0.5) is 0 Å². The summed E-state index contributed by atoms with van der Waals surface area (Å²) in [4.78, 5) is 22.8. The monoisotopic (exact) mass is 294 g/mol. The van der Waals surface area contributed by atoms with Gasteiger partial charge in [0, 0.05) is 25.5 Å². The van der Waals surface area contributed by atoms with E-state index in [9.17, 15) is 4.79 Å². The zero-order valence-electron chi connectivity index (χ0n) is 11.8. The number of rotatable bonds is 2. The second-order valence-corrected chi connectivity index (χ2v) is 5.16. The van der Waals surface area contributed by atoms with Crippen molar-refractivity contribution in [1.82, 2.24) is 19.3 Å². The molecule has 3 aromatic heterocycles. The third kappa shape index (κ3) is 2.18. The lowest BCUT2D eigenvalue weighted by Crippen LogP contribution is -2.33. The number of aromatic nitrogens is 3. The SMILES string of the molecule is O=C(c1cn2cc(-c3ncco3)ccc2n1)N1CC=CCC1. The molecule has 0 fully saturated rings. The van der Waals surface area contributed by atoms with Crippen LogP contribution in [0.1, 0.15) is 16.9 Å². The van der Waals surface area contributed by atoms with Crippen molar-refractivity contribution >= 4 is 11.6 Å². The Bertz CT molecular complexity index is 848. The largest absolute Gasteiger partial charge is 0.444 e. The number of hydrogen-bond acceptors (Lipinski definition) is 4. The summed E-state index contributed by atoms with van der Waals surface area (Å²) in [6.07, 6.45) is 11.8. The highest BCUT2D eigenvalue weighted by atomic mass is 16.3. The van der Waals surface area contributed by atoms with E-state index in [-0.39, 0.29) is 5.91 Å². The Hall–Kier alpha value is -2.89. The van der Waals surface area contributed by atoms with Gasteiger partial charge < -0.3 is 13.7 Å². The van der Waals surface area contributed by atoms with E-state index in [1.165, 1.54) is 6.26 Å². The topological polar surface area (TPSA) is 63.6 Å². The van der Waals surface area contributed by atoms with Gasteiger partial charge in [0.05, 0.1) is 11.8 Å². The molecule has 0 aromatic carbocycles. The second-order valence-electron chi connectivity index (χ2n) is 5.16. The van der Waals surface area contributed by atoms with Crippen molar-refractivity contribution in [3.63, 3.8) is 0 Å². The summed E-state index contributed by atoms with van der Waals surface area (Å²) in [6.45, 7) is 1.39. The van der Waals surface area contributed by atoms with Crippen LogP contribution >= 0.6 is 0 Å². The van der Waals surface area contributed by atoms with Crippen LogP contribution in [0, 0.1) is 0 Å². The molecule has 0 saturated heterocycles. The molecule has 1 amide bonds. The number of fused-ring (bicyclic) bond motifs is 1. The van der Waals surface area contributed by atoms with Crippen LogP contribution in [-0.4, -0.2) is 38.3 Å². The summed E-state index contributed by atoms with van der Waals surface area (Å²) in [5.41, 5.74) is 2.03.